The first-order chi connectivity index (χ1) is 11.1. The number of aromatic nitrogens is 1. The Morgan fingerprint density at radius 3 is 2.61 bits per heavy atom. The van der Waals surface area contributed by atoms with Crippen LogP contribution < -0.4 is 15.8 Å². The van der Waals surface area contributed by atoms with Crippen LogP contribution in [0, 0.1) is 11.7 Å². The molecule has 1 aromatic carbocycles. The van der Waals surface area contributed by atoms with Crippen LogP contribution in [0.1, 0.15) is 19.3 Å². The summed E-state index contributed by atoms with van der Waals surface area (Å²) in [5.41, 5.74) is 6.44. The number of hydrogen-bond acceptors (Lipinski definition) is 4. The van der Waals surface area contributed by atoms with E-state index in [1.165, 1.54) is 30.5 Å². The summed E-state index contributed by atoms with van der Waals surface area (Å²) in [6.45, 7) is 0. The van der Waals surface area contributed by atoms with Crippen LogP contribution in [0.4, 0.5) is 10.1 Å². The Hall–Kier alpha value is -2.47. The van der Waals surface area contributed by atoms with Crippen LogP contribution in [0.25, 0.3) is 0 Å². The molecular weight excluding hydrogens is 297 g/mol. The van der Waals surface area contributed by atoms with Crippen LogP contribution in [0.15, 0.2) is 42.6 Å². The lowest BCUT2D eigenvalue weighted by Crippen LogP contribution is -2.23. The molecule has 1 amide bonds. The molecule has 3 rings (SSSR count). The maximum absolute atomic E-state index is 12.8. The summed E-state index contributed by atoms with van der Waals surface area (Å²) < 4.78 is 18.3. The van der Waals surface area contributed by atoms with Gasteiger partial charge < -0.3 is 15.8 Å². The fourth-order valence-corrected chi connectivity index (χ4v) is 2.64. The second-order valence-electron chi connectivity index (χ2n) is 5.70. The molecule has 3 N–H and O–H groups in total. The molecular formula is C17H18FN3O2. The number of rotatable bonds is 4. The maximum Gasteiger partial charge on any atom is 0.227 e. The van der Waals surface area contributed by atoms with E-state index >= 15 is 0 Å². The number of amides is 1. The molecule has 0 aliphatic heterocycles. The number of nitrogens with zero attached hydrogens (tertiary/aromatic N) is 1. The summed E-state index contributed by atoms with van der Waals surface area (Å²) >= 11 is 0. The molecule has 1 saturated carbocycles. The zero-order valence-corrected chi connectivity index (χ0v) is 12.5. The van der Waals surface area contributed by atoms with E-state index in [9.17, 15) is 9.18 Å². The number of benzene rings is 1. The molecule has 0 bridgehead atoms. The molecule has 1 aliphatic rings. The Bertz CT molecular complexity index is 673. The monoisotopic (exact) mass is 315 g/mol. The molecule has 2 aromatic rings. The number of nitrogens with one attached hydrogen (secondary N) is 1. The van der Waals surface area contributed by atoms with Crippen molar-refractivity contribution in [1.82, 2.24) is 4.98 Å². The van der Waals surface area contributed by atoms with Crippen molar-refractivity contribution in [2.75, 3.05) is 5.32 Å². The van der Waals surface area contributed by atoms with Crippen LogP contribution in [0.3, 0.4) is 0 Å². The number of anilines is 1. The van der Waals surface area contributed by atoms with Crippen molar-refractivity contribution in [3.63, 3.8) is 0 Å². The van der Waals surface area contributed by atoms with Crippen LogP contribution in [-0.2, 0) is 4.79 Å². The summed E-state index contributed by atoms with van der Waals surface area (Å²) in [4.78, 5) is 16.2. The summed E-state index contributed by atoms with van der Waals surface area (Å²) in [5, 5.41) is 2.84. The van der Waals surface area contributed by atoms with E-state index in [0.29, 0.717) is 17.3 Å². The molecule has 1 aromatic heterocycles. The lowest BCUT2D eigenvalue weighted by atomic mass is 10.1. The van der Waals surface area contributed by atoms with E-state index in [0.717, 1.165) is 19.3 Å². The van der Waals surface area contributed by atoms with Gasteiger partial charge in [-0.15, -0.1) is 0 Å². The van der Waals surface area contributed by atoms with Gasteiger partial charge >= 0.3 is 0 Å². The topological polar surface area (TPSA) is 77.2 Å². The fourth-order valence-electron chi connectivity index (χ4n) is 2.64. The van der Waals surface area contributed by atoms with Crippen LogP contribution >= 0.6 is 0 Å². The van der Waals surface area contributed by atoms with E-state index in [4.69, 9.17) is 10.5 Å². The van der Waals surface area contributed by atoms with E-state index in [1.54, 1.807) is 12.1 Å². The van der Waals surface area contributed by atoms with Gasteiger partial charge in [0, 0.05) is 18.0 Å². The molecule has 5 nitrogen and oxygen atoms in total. The van der Waals surface area contributed by atoms with E-state index < -0.39 is 0 Å². The molecule has 0 saturated heterocycles. The number of carbonyl (C=O) groups is 1. The zero-order valence-electron chi connectivity index (χ0n) is 12.5. The number of nitrogens with two attached hydrogens (primary N) is 1. The number of hydrogen-bond donors (Lipinski definition) is 2. The fraction of sp³-hybridized carbons (Fsp3) is 0.294. The average molecular weight is 315 g/mol. The van der Waals surface area contributed by atoms with Gasteiger partial charge in [-0.25, -0.2) is 9.37 Å². The van der Waals surface area contributed by atoms with Crippen molar-refractivity contribution in [3.8, 4) is 11.6 Å². The number of ether oxygens (including phenoxy) is 1. The lowest BCUT2D eigenvalue weighted by molar-refractivity contribution is -0.119. The summed E-state index contributed by atoms with van der Waals surface area (Å²) in [6.07, 6.45) is 3.98. The van der Waals surface area contributed by atoms with Crippen molar-refractivity contribution in [2.24, 2.45) is 11.7 Å². The van der Waals surface area contributed by atoms with Crippen molar-refractivity contribution in [2.45, 2.75) is 25.3 Å². The third kappa shape index (κ3) is 4.04. The normalized spacial score (nSPS) is 20.3. The van der Waals surface area contributed by atoms with Crippen LogP contribution in [0.2, 0.25) is 0 Å². The van der Waals surface area contributed by atoms with Crippen molar-refractivity contribution >= 4 is 11.6 Å². The third-order valence-corrected chi connectivity index (χ3v) is 3.88. The second kappa shape index (κ2) is 6.75. The number of pyridine rings is 1. The highest BCUT2D eigenvalue weighted by molar-refractivity contribution is 5.92. The smallest absolute Gasteiger partial charge is 0.227 e. The first kappa shape index (κ1) is 15.4. The highest BCUT2D eigenvalue weighted by Crippen LogP contribution is 2.26. The van der Waals surface area contributed by atoms with Crippen LogP contribution in [-0.4, -0.2) is 16.9 Å². The van der Waals surface area contributed by atoms with Gasteiger partial charge in [-0.2, -0.15) is 0 Å². The summed E-state index contributed by atoms with van der Waals surface area (Å²) in [5.74, 6) is 0.496. The van der Waals surface area contributed by atoms with Gasteiger partial charge in [0.05, 0.1) is 11.9 Å². The quantitative estimate of drug-likeness (QED) is 0.909. The highest BCUT2D eigenvalue weighted by Gasteiger charge is 2.27. The molecule has 1 fully saturated rings. The van der Waals surface area contributed by atoms with Gasteiger partial charge in [0.25, 0.3) is 0 Å². The predicted molar refractivity (Wildman–Crippen MR) is 84.7 cm³/mol. The minimum absolute atomic E-state index is 0.0213. The molecule has 6 heteroatoms. The minimum Gasteiger partial charge on any atom is -0.439 e. The molecule has 1 aliphatic carbocycles. The zero-order chi connectivity index (χ0) is 16.2. The van der Waals surface area contributed by atoms with Gasteiger partial charge in [0.15, 0.2) is 0 Å². The Morgan fingerprint density at radius 1 is 1.22 bits per heavy atom. The van der Waals surface area contributed by atoms with E-state index in [1.807, 2.05) is 0 Å². The Balaban J connectivity index is 1.58. The van der Waals surface area contributed by atoms with E-state index in [2.05, 4.69) is 10.3 Å². The summed E-state index contributed by atoms with van der Waals surface area (Å²) in [7, 11) is 0. The highest BCUT2D eigenvalue weighted by atomic mass is 19.1. The van der Waals surface area contributed by atoms with Gasteiger partial charge in [-0.1, -0.05) is 0 Å². The molecule has 2 unspecified atom stereocenters. The second-order valence-corrected chi connectivity index (χ2v) is 5.70. The number of carbonyl (C=O) groups excluding carboxylic acids is 1. The van der Waals surface area contributed by atoms with Crippen molar-refractivity contribution in [3.05, 3.63) is 48.4 Å². The number of halogens is 1. The minimum atomic E-state index is -0.324. The van der Waals surface area contributed by atoms with Gasteiger partial charge in [-0.3, -0.25) is 4.79 Å². The predicted octanol–water partition coefficient (Wildman–Crippen LogP) is 3.08. The molecule has 0 spiro atoms. The Kier molecular flexibility index (Phi) is 4.52. The molecule has 2 atom stereocenters. The van der Waals surface area contributed by atoms with Gasteiger partial charge in [0.1, 0.15) is 11.6 Å². The Morgan fingerprint density at radius 2 is 2.00 bits per heavy atom. The van der Waals surface area contributed by atoms with Crippen molar-refractivity contribution < 1.29 is 13.9 Å². The van der Waals surface area contributed by atoms with Gasteiger partial charge in [-0.05, 0) is 49.6 Å². The Labute approximate surface area is 133 Å². The lowest BCUT2D eigenvalue weighted by Gasteiger charge is -2.11. The van der Waals surface area contributed by atoms with Crippen molar-refractivity contribution in [1.29, 1.82) is 0 Å². The van der Waals surface area contributed by atoms with Gasteiger partial charge in [0.2, 0.25) is 11.8 Å². The third-order valence-electron chi connectivity index (χ3n) is 3.88. The van der Waals surface area contributed by atoms with E-state index in [-0.39, 0.29) is 23.7 Å². The standard InChI is InChI=1S/C17H18FN3O2/c18-12-2-6-15(7-3-12)23-16-8-5-14(10-20-16)21-17(22)11-1-4-13(19)9-11/h2-3,5-8,10-11,13H,1,4,9,19H2,(H,21,22). The first-order valence-electron chi connectivity index (χ1n) is 7.56. The molecule has 1 heterocycles. The summed E-state index contributed by atoms with van der Waals surface area (Å²) in [6, 6.07) is 9.17. The largest absolute Gasteiger partial charge is 0.439 e. The SMILES string of the molecule is NC1CCC(C(=O)Nc2ccc(Oc3ccc(F)cc3)nc2)C1. The average Bonchev–Trinajstić information content (AvgIpc) is 2.98. The van der Waals surface area contributed by atoms with Crippen LogP contribution in [0.5, 0.6) is 11.6 Å². The maximum atomic E-state index is 12.8. The first-order valence-corrected chi connectivity index (χ1v) is 7.56. The molecule has 0 radical (unpaired) electrons. The molecule has 23 heavy (non-hydrogen) atoms. The molecule has 120 valence electrons.